The van der Waals surface area contributed by atoms with Crippen LogP contribution in [0, 0.1) is 5.82 Å². The summed E-state index contributed by atoms with van der Waals surface area (Å²) in [5, 5.41) is 9.05. The number of carboxylic acids is 1. The lowest BCUT2D eigenvalue weighted by Gasteiger charge is -2.24. The predicted octanol–water partition coefficient (Wildman–Crippen LogP) is 2.28. The summed E-state index contributed by atoms with van der Waals surface area (Å²) in [5.41, 5.74) is 0.133. The molecule has 0 saturated carbocycles. The number of rotatable bonds is 8. The normalized spacial score (nSPS) is 11.9. The Kier molecular flexibility index (Phi) is 6.47. The Morgan fingerprint density at radius 3 is 2.31 bits per heavy atom. The van der Waals surface area contributed by atoms with E-state index in [1.165, 1.54) is 4.31 Å². The van der Waals surface area contributed by atoms with Gasteiger partial charge in [0.15, 0.2) is 0 Å². The molecular formula is C18H21FN2O4S. The number of likely N-dealkylation sites (N-methyl/N-ethyl adjacent to an activating group) is 1. The van der Waals surface area contributed by atoms with Crippen LogP contribution in [-0.4, -0.2) is 55.9 Å². The molecule has 0 bridgehead atoms. The molecule has 0 fully saturated rings. The zero-order valence-corrected chi connectivity index (χ0v) is 15.4. The molecule has 0 unspecified atom stereocenters. The molecule has 8 heteroatoms. The van der Waals surface area contributed by atoms with E-state index in [2.05, 4.69) is 0 Å². The minimum Gasteiger partial charge on any atom is -0.478 e. The van der Waals surface area contributed by atoms with Crippen molar-refractivity contribution in [1.82, 2.24) is 9.21 Å². The van der Waals surface area contributed by atoms with Crippen LogP contribution in [0.3, 0.4) is 0 Å². The van der Waals surface area contributed by atoms with Gasteiger partial charge < -0.3 is 10.0 Å². The molecule has 0 aliphatic heterocycles. The molecular weight excluding hydrogens is 359 g/mol. The van der Waals surface area contributed by atoms with Gasteiger partial charge in [0.25, 0.3) is 0 Å². The minimum atomic E-state index is -3.99. The van der Waals surface area contributed by atoms with Crippen molar-refractivity contribution in [2.24, 2.45) is 0 Å². The highest BCUT2D eigenvalue weighted by molar-refractivity contribution is 7.89. The number of halogens is 1. The third-order valence-electron chi connectivity index (χ3n) is 3.80. The average molecular weight is 380 g/mol. The molecule has 2 aromatic carbocycles. The number of benzene rings is 2. The van der Waals surface area contributed by atoms with Crippen LogP contribution >= 0.6 is 0 Å². The number of hydrogen-bond donors (Lipinski definition) is 1. The predicted molar refractivity (Wildman–Crippen MR) is 96.0 cm³/mol. The number of aromatic carboxylic acids is 1. The summed E-state index contributed by atoms with van der Waals surface area (Å²) >= 11 is 0. The summed E-state index contributed by atoms with van der Waals surface area (Å²) in [6.45, 7) is 0.833. The standard InChI is InChI=1S/C18H21FN2O4S/c1-20(2)10-11-21(13-14-6-4-3-5-7-14)26(24,25)15-8-9-17(19)16(12-15)18(22)23/h3-9,12H,10-11,13H2,1-2H3,(H,22,23). The Morgan fingerprint density at radius 1 is 1.08 bits per heavy atom. The molecule has 140 valence electrons. The molecule has 0 heterocycles. The lowest BCUT2D eigenvalue weighted by atomic mass is 10.2. The van der Waals surface area contributed by atoms with E-state index in [-0.39, 0.29) is 18.0 Å². The van der Waals surface area contributed by atoms with Gasteiger partial charge in [-0.25, -0.2) is 17.6 Å². The number of hydrogen-bond acceptors (Lipinski definition) is 4. The van der Waals surface area contributed by atoms with Crippen LogP contribution in [0.25, 0.3) is 0 Å². The van der Waals surface area contributed by atoms with E-state index in [1.807, 2.05) is 49.3 Å². The average Bonchev–Trinajstić information content (AvgIpc) is 2.59. The fourth-order valence-electron chi connectivity index (χ4n) is 2.36. The molecule has 2 rings (SSSR count). The van der Waals surface area contributed by atoms with E-state index >= 15 is 0 Å². The first-order chi connectivity index (χ1) is 12.2. The summed E-state index contributed by atoms with van der Waals surface area (Å²) in [6.07, 6.45) is 0. The van der Waals surface area contributed by atoms with Crippen LogP contribution in [0.15, 0.2) is 53.4 Å². The van der Waals surface area contributed by atoms with Gasteiger partial charge in [-0.05, 0) is 37.9 Å². The van der Waals surface area contributed by atoms with Crippen molar-refractivity contribution in [3.63, 3.8) is 0 Å². The third kappa shape index (κ3) is 4.87. The van der Waals surface area contributed by atoms with Crippen molar-refractivity contribution in [3.05, 3.63) is 65.5 Å². The van der Waals surface area contributed by atoms with Crippen molar-refractivity contribution in [1.29, 1.82) is 0 Å². The Balaban J connectivity index is 2.41. The van der Waals surface area contributed by atoms with E-state index in [4.69, 9.17) is 5.11 Å². The first kappa shape index (κ1) is 20.0. The quantitative estimate of drug-likeness (QED) is 0.760. The minimum absolute atomic E-state index is 0.136. The molecule has 0 radical (unpaired) electrons. The van der Waals surface area contributed by atoms with Crippen LogP contribution in [0.5, 0.6) is 0 Å². The van der Waals surface area contributed by atoms with Crippen molar-refractivity contribution in [2.45, 2.75) is 11.4 Å². The van der Waals surface area contributed by atoms with Crippen molar-refractivity contribution in [2.75, 3.05) is 27.2 Å². The highest BCUT2D eigenvalue weighted by Gasteiger charge is 2.26. The molecule has 0 saturated heterocycles. The topological polar surface area (TPSA) is 77.9 Å². The van der Waals surface area contributed by atoms with Gasteiger partial charge in [0.2, 0.25) is 10.0 Å². The maximum absolute atomic E-state index is 13.6. The number of carbonyl (C=O) groups is 1. The van der Waals surface area contributed by atoms with Gasteiger partial charge >= 0.3 is 5.97 Å². The van der Waals surface area contributed by atoms with E-state index < -0.39 is 27.4 Å². The second-order valence-electron chi connectivity index (χ2n) is 6.07. The van der Waals surface area contributed by atoms with Gasteiger partial charge in [-0.1, -0.05) is 30.3 Å². The fraction of sp³-hybridized carbons (Fsp3) is 0.278. The van der Waals surface area contributed by atoms with Gasteiger partial charge in [-0.3, -0.25) is 0 Å². The molecule has 0 aromatic heterocycles. The van der Waals surface area contributed by atoms with Gasteiger partial charge in [-0.15, -0.1) is 0 Å². The molecule has 0 aliphatic carbocycles. The highest BCUT2D eigenvalue weighted by Crippen LogP contribution is 2.21. The second kappa shape index (κ2) is 8.39. The molecule has 0 atom stereocenters. The fourth-order valence-corrected chi connectivity index (χ4v) is 3.81. The molecule has 26 heavy (non-hydrogen) atoms. The molecule has 0 spiro atoms. The Labute approximate surface area is 152 Å². The largest absolute Gasteiger partial charge is 0.478 e. The molecule has 1 N–H and O–H groups in total. The van der Waals surface area contributed by atoms with Crippen LogP contribution < -0.4 is 0 Å². The Hall–Kier alpha value is -2.29. The summed E-state index contributed by atoms with van der Waals surface area (Å²) in [5.74, 6) is -2.48. The third-order valence-corrected chi connectivity index (χ3v) is 5.65. The van der Waals surface area contributed by atoms with Crippen LogP contribution in [-0.2, 0) is 16.6 Å². The van der Waals surface area contributed by atoms with Gasteiger partial charge in [0.05, 0.1) is 10.5 Å². The van der Waals surface area contributed by atoms with Crippen LogP contribution in [0.4, 0.5) is 4.39 Å². The van der Waals surface area contributed by atoms with E-state index in [9.17, 15) is 17.6 Å². The first-order valence-electron chi connectivity index (χ1n) is 7.93. The second-order valence-corrected chi connectivity index (χ2v) is 8.01. The highest BCUT2D eigenvalue weighted by atomic mass is 32.2. The Morgan fingerprint density at radius 2 is 1.73 bits per heavy atom. The first-order valence-corrected chi connectivity index (χ1v) is 9.37. The zero-order chi connectivity index (χ0) is 19.3. The maximum Gasteiger partial charge on any atom is 0.338 e. The van der Waals surface area contributed by atoms with Gasteiger partial charge in [0, 0.05) is 19.6 Å². The van der Waals surface area contributed by atoms with Gasteiger partial charge in [0.1, 0.15) is 5.82 Å². The van der Waals surface area contributed by atoms with Crippen LogP contribution in [0.1, 0.15) is 15.9 Å². The monoisotopic (exact) mass is 380 g/mol. The lowest BCUT2D eigenvalue weighted by molar-refractivity contribution is 0.0691. The summed E-state index contributed by atoms with van der Waals surface area (Å²) in [4.78, 5) is 12.7. The summed E-state index contributed by atoms with van der Waals surface area (Å²) in [7, 11) is -0.337. The van der Waals surface area contributed by atoms with Crippen LogP contribution in [0.2, 0.25) is 0 Å². The zero-order valence-electron chi connectivity index (χ0n) is 14.6. The smallest absolute Gasteiger partial charge is 0.338 e. The number of sulfonamides is 1. The molecule has 0 amide bonds. The number of nitrogens with zero attached hydrogens (tertiary/aromatic N) is 2. The summed E-state index contributed by atoms with van der Waals surface area (Å²) < 4.78 is 40.9. The van der Waals surface area contributed by atoms with E-state index in [0.717, 1.165) is 23.8 Å². The van der Waals surface area contributed by atoms with E-state index in [0.29, 0.717) is 6.54 Å². The maximum atomic E-state index is 13.6. The Bertz CT molecular complexity index is 870. The van der Waals surface area contributed by atoms with Crippen molar-refractivity contribution in [3.8, 4) is 0 Å². The molecule has 0 aliphatic rings. The number of carboxylic acid groups (broad SMARTS) is 1. The summed E-state index contributed by atoms with van der Waals surface area (Å²) in [6, 6.07) is 11.9. The molecule has 6 nitrogen and oxygen atoms in total. The SMILES string of the molecule is CN(C)CCN(Cc1ccccc1)S(=O)(=O)c1ccc(F)c(C(=O)O)c1. The van der Waals surface area contributed by atoms with Crippen molar-refractivity contribution < 1.29 is 22.7 Å². The lowest BCUT2D eigenvalue weighted by Crippen LogP contribution is -2.36. The van der Waals surface area contributed by atoms with Gasteiger partial charge in [-0.2, -0.15) is 4.31 Å². The van der Waals surface area contributed by atoms with Crippen molar-refractivity contribution >= 4 is 16.0 Å². The molecule has 2 aromatic rings. The van der Waals surface area contributed by atoms with E-state index in [1.54, 1.807) is 0 Å².